The van der Waals surface area contributed by atoms with E-state index in [1.165, 1.54) is 6.92 Å². The number of nitrogens with one attached hydrogen (secondary N) is 4. The van der Waals surface area contributed by atoms with E-state index in [2.05, 4.69) is 21.3 Å². The van der Waals surface area contributed by atoms with E-state index in [-0.39, 0.29) is 48.2 Å². The average molecular weight is 548 g/mol. The van der Waals surface area contributed by atoms with Crippen LogP contribution in [0.15, 0.2) is 60.7 Å². The van der Waals surface area contributed by atoms with Crippen LogP contribution < -0.4 is 21.3 Å². The molecule has 9 heteroatoms. The number of fused-ring (bicyclic) bond motifs is 1. The highest BCUT2D eigenvalue weighted by Crippen LogP contribution is 2.35. The molecule has 2 heterocycles. The van der Waals surface area contributed by atoms with Crippen molar-refractivity contribution in [2.24, 2.45) is 5.92 Å². The van der Waals surface area contributed by atoms with Crippen molar-refractivity contribution >= 4 is 23.6 Å². The molecule has 4 rings (SSSR count). The molecule has 4 amide bonds. The van der Waals surface area contributed by atoms with Gasteiger partial charge in [0.15, 0.2) is 0 Å². The minimum absolute atomic E-state index is 0.0943. The number of hydrogen-bond acceptors (Lipinski definition) is 5. The summed E-state index contributed by atoms with van der Waals surface area (Å²) < 4.78 is 0. The van der Waals surface area contributed by atoms with Crippen molar-refractivity contribution in [2.75, 3.05) is 13.6 Å². The van der Waals surface area contributed by atoms with E-state index >= 15 is 0 Å². The van der Waals surface area contributed by atoms with Crippen LogP contribution in [0.3, 0.4) is 0 Å². The Hall–Kier alpha value is -3.72. The molecule has 2 aromatic carbocycles. The van der Waals surface area contributed by atoms with Crippen LogP contribution in [0.25, 0.3) is 0 Å². The first-order chi connectivity index (χ1) is 19.3. The predicted octanol–water partition coefficient (Wildman–Crippen LogP) is 2.28. The number of nitrogens with zero attached hydrogens (tertiary/aromatic N) is 1. The van der Waals surface area contributed by atoms with Gasteiger partial charge in [-0.1, -0.05) is 67.6 Å². The summed E-state index contributed by atoms with van der Waals surface area (Å²) in [6.45, 7) is 3.62. The number of rotatable bonds is 10. The van der Waals surface area contributed by atoms with Gasteiger partial charge in [-0.15, -0.1) is 0 Å². The molecule has 2 aromatic rings. The molecule has 4 N–H and O–H groups in total. The third-order valence-electron chi connectivity index (χ3n) is 8.20. The van der Waals surface area contributed by atoms with Crippen molar-refractivity contribution in [3.63, 3.8) is 0 Å². The summed E-state index contributed by atoms with van der Waals surface area (Å²) in [7, 11) is 1.71. The van der Waals surface area contributed by atoms with Gasteiger partial charge in [-0.2, -0.15) is 0 Å². The maximum Gasteiger partial charge on any atom is 0.246 e. The van der Waals surface area contributed by atoms with Gasteiger partial charge in [-0.3, -0.25) is 19.2 Å². The van der Waals surface area contributed by atoms with Crippen LogP contribution in [0, 0.1) is 5.92 Å². The van der Waals surface area contributed by atoms with Crippen LogP contribution in [-0.4, -0.2) is 66.3 Å². The minimum Gasteiger partial charge on any atom is -0.356 e. The molecule has 0 aliphatic carbocycles. The van der Waals surface area contributed by atoms with E-state index in [0.717, 1.165) is 11.1 Å². The van der Waals surface area contributed by atoms with Crippen LogP contribution in [0.1, 0.15) is 63.1 Å². The Morgan fingerprint density at radius 1 is 0.925 bits per heavy atom. The first-order valence-corrected chi connectivity index (χ1v) is 14.3. The zero-order valence-electron chi connectivity index (χ0n) is 23.6. The van der Waals surface area contributed by atoms with Crippen molar-refractivity contribution in [3.05, 3.63) is 71.8 Å². The Kier molecular flexibility index (Phi) is 9.93. The van der Waals surface area contributed by atoms with Gasteiger partial charge in [0.05, 0.1) is 12.1 Å². The molecule has 214 valence electrons. The van der Waals surface area contributed by atoms with E-state index in [1.807, 2.05) is 67.6 Å². The molecule has 40 heavy (non-hydrogen) atoms. The lowest BCUT2D eigenvalue weighted by Crippen LogP contribution is -2.59. The summed E-state index contributed by atoms with van der Waals surface area (Å²) in [6, 6.07) is 17.2. The Morgan fingerprint density at radius 2 is 1.52 bits per heavy atom. The molecule has 0 aromatic heterocycles. The zero-order valence-corrected chi connectivity index (χ0v) is 23.6. The standard InChI is InChI=1S/C31H41N5O4/c1-4-25(32-3)29(38)35-28-23(19-33-20(2)37)15-16-24-17-18-26(36(24)31(28)40)30(39)34-27(21-11-7-5-8-12-21)22-13-9-6-10-14-22/h5-14,23-28,32H,4,15-19H2,1-3H3,(H,33,37)(H,34,39)(H,35,38)/t23-,24+,25+,26+,28+/m1/s1. The lowest BCUT2D eigenvalue weighted by Gasteiger charge is -2.33. The summed E-state index contributed by atoms with van der Waals surface area (Å²) in [6.07, 6.45) is 3.20. The molecular weight excluding hydrogens is 506 g/mol. The molecule has 0 spiro atoms. The normalized spacial score (nSPS) is 23.2. The highest BCUT2D eigenvalue weighted by molar-refractivity contribution is 5.94. The van der Waals surface area contributed by atoms with Crippen LogP contribution in [0.5, 0.6) is 0 Å². The number of carbonyl (C=O) groups is 4. The maximum absolute atomic E-state index is 14.2. The van der Waals surface area contributed by atoms with Gasteiger partial charge < -0.3 is 26.2 Å². The maximum atomic E-state index is 14.2. The van der Waals surface area contributed by atoms with Crippen LogP contribution in [0.2, 0.25) is 0 Å². The second-order valence-corrected chi connectivity index (χ2v) is 10.8. The molecule has 2 fully saturated rings. The van der Waals surface area contributed by atoms with Gasteiger partial charge in [-0.25, -0.2) is 0 Å². The van der Waals surface area contributed by atoms with E-state index in [4.69, 9.17) is 0 Å². The van der Waals surface area contributed by atoms with Gasteiger partial charge in [-0.05, 0) is 50.3 Å². The molecule has 0 unspecified atom stereocenters. The zero-order chi connectivity index (χ0) is 28.6. The average Bonchev–Trinajstić information content (AvgIpc) is 3.35. The van der Waals surface area contributed by atoms with Crippen LogP contribution >= 0.6 is 0 Å². The Labute approximate surface area is 236 Å². The highest BCUT2D eigenvalue weighted by atomic mass is 16.2. The second kappa shape index (κ2) is 13.6. The van der Waals surface area contributed by atoms with Crippen LogP contribution in [-0.2, 0) is 19.2 Å². The van der Waals surface area contributed by atoms with Crippen molar-refractivity contribution in [1.82, 2.24) is 26.2 Å². The third-order valence-corrected chi connectivity index (χ3v) is 8.20. The minimum atomic E-state index is -0.834. The largest absolute Gasteiger partial charge is 0.356 e. The molecule has 9 nitrogen and oxygen atoms in total. The van der Waals surface area contributed by atoms with E-state index in [1.54, 1.807) is 11.9 Å². The molecule has 0 bridgehead atoms. The number of likely N-dealkylation sites (N-methyl/N-ethyl adjacent to an activating group) is 1. The number of hydrogen-bond donors (Lipinski definition) is 4. The Morgan fingerprint density at radius 3 is 2.08 bits per heavy atom. The van der Waals surface area contributed by atoms with Crippen molar-refractivity contribution < 1.29 is 19.2 Å². The lowest BCUT2D eigenvalue weighted by molar-refractivity contribution is -0.143. The second-order valence-electron chi connectivity index (χ2n) is 10.8. The SMILES string of the molecule is CC[C@H](NC)C(=O)N[C@@H]1C(=O)N2[C@@H](CC[C@@H]1CNC(C)=O)CC[C@H]2C(=O)NC(c1ccccc1)c1ccccc1. The fourth-order valence-corrected chi connectivity index (χ4v) is 6.03. The lowest BCUT2D eigenvalue weighted by atomic mass is 9.92. The summed E-state index contributed by atoms with van der Waals surface area (Å²) in [5.41, 5.74) is 1.91. The summed E-state index contributed by atoms with van der Waals surface area (Å²) >= 11 is 0. The summed E-state index contributed by atoms with van der Waals surface area (Å²) in [5.74, 6) is -1.19. The molecule has 0 saturated carbocycles. The van der Waals surface area contributed by atoms with Gasteiger partial charge in [0.2, 0.25) is 23.6 Å². The third kappa shape index (κ3) is 6.70. The number of benzene rings is 2. The van der Waals surface area contributed by atoms with Crippen molar-refractivity contribution in [2.45, 2.75) is 76.2 Å². The first-order valence-electron chi connectivity index (χ1n) is 14.3. The topological polar surface area (TPSA) is 120 Å². The molecular formula is C31H41N5O4. The fraction of sp³-hybridized carbons (Fsp3) is 0.484. The van der Waals surface area contributed by atoms with E-state index in [9.17, 15) is 19.2 Å². The predicted molar refractivity (Wildman–Crippen MR) is 153 cm³/mol. The molecule has 2 aliphatic rings. The van der Waals surface area contributed by atoms with Crippen molar-refractivity contribution in [3.8, 4) is 0 Å². The van der Waals surface area contributed by atoms with Crippen LogP contribution in [0.4, 0.5) is 0 Å². The summed E-state index contributed by atoms with van der Waals surface area (Å²) in [5, 5.41) is 12.0. The van der Waals surface area contributed by atoms with E-state index in [0.29, 0.717) is 32.1 Å². The van der Waals surface area contributed by atoms with Gasteiger partial charge in [0.25, 0.3) is 0 Å². The quantitative estimate of drug-likeness (QED) is 0.364. The fourth-order valence-electron chi connectivity index (χ4n) is 6.03. The first kappa shape index (κ1) is 29.3. The van der Waals surface area contributed by atoms with E-state index < -0.39 is 18.1 Å². The highest BCUT2D eigenvalue weighted by Gasteiger charge is 2.48. The summed E-state index contributed by atoms with van der Waals surface area (Å²) in [4.78, 5) is 54.5. The van der Waals surface area contributed by atoms with Gasteiger partial charge in [0.1, 0.15) is 12.1 Å². The Bertz CT molecular complexity index is 1130. The Balaban J connectivity index is 1.59. The number of carbonyl (C=O) groups excluding carboxylic acids is 4. The van der Waals surface area contributed by atoms with Gasteiger partial charge >= 0.3 is 0 Å². The monoisotopic (exact) mass is 547 g/mol. The molecule has 2 aliphatic heterocycles. The number of amides is 4. The molecule has 2 saturated heterocycles. The molecule has 5 atom stereocenters. The smallest absolute Gasteiger partial charge is 0.246 e. The molecule has 0 radical (unpaired) electrons. The van der Waals surface area contributed by atoms with Crippen molar-refractivity contribution in [1.29, 1.82) is 0 Å². The van der Waals surface area contributed by atoms with Gasteiger partial charge in [0, 0.05) is 25.4 Å².